The van der Waals surface area contributed by atoms with Crippen LogP contribution in [0.15, 0.2) is 48.7 Å². The summed E-state index contributed by atoms with van der Waals surface area (Å²) in [6.45, 7) is 3.56. The van der Waals surface area contributed by atoms with Gasteiger partial charge in [-0.15, -0.1) is 0 Å². The van der Waals surface area contributed by atoms with Gasteiger partial charge in [-0.3, -0.25) is 4.79 Å². The Morgan fingerprint density at radius 2 is 1.88 bits per heavy atom. The smallest absolute Gasteiger partial charge is 0.259 e. The second-order valence-electron chi connectivity index (χ2n) is 5.66. The van der Waals surface area contributed by atoms with Crippen molar-refractivity contribution in [3.05, 3.63) is 77.1 Å². The molecule has 1 heterocycles. The van der Waals surface area contributed by atoms with E-state index < -0.39 is 0 Å². The summed E-state index contributed by atoms with van der Waals surface area (Å²) in [5.74, 6) is -1.09. The van der Waals surface area contributed by atoms with E-state index in [-0.39, 0.29) is 17.5 Å². The zero-order valence-corrected chi connectivity index (χ0v) is 13.9. The van der Waals surface area contributed by atoms with Gasteiger partial charge in [-0.2, -0.15) is 5.10 Å². The molecular weight excluding hydrogens is 324 g/mol. The molecule has 0 radical (unpaired) electrons. The monoisotopic (exact) mass is 341 g/mol. The number of hydrogen-bond donors (Lipinski definition) is 1. The van der Waals surface area contributed by atoms with Gasteiger partial charge in [-0.25, -0.2) is 13.5 Å². The lowest BCUT2D eigenvalue weighted by Gasteiger charge is -2.09. The van der Waals surface area contributed by atoms with Gasteiger partial charge in [0, 0.05) is 5.69 Å². The topological polar surface area (TPSA) is 46.9 Å². The van der Waals surface area contributed by atoms with Crippen molar-refractivity contribution in [2.75, 3.05) is 5.32 Å². The molecular formula is C19H17F2N3O. The summed E-state index contributed by atoms with van der Waals surface area (Å²) in [5.41, 5.74) is 2.64. The molecule has 128 valence electrons. The average molecular weight is 341 g/mol. The van der Waals surface area contributed by atoms with Gasteiger partial charge in [0.1, 0.15) is 11.6 Å². The minimum Gasteiger partial charge on any atom is -0.322 e. The van der Waals surface area contributed by atoms with Crippen molar-refractivity contribution < 1.29 is 13.6 Å². The number of carbonyl (C=O) groups excluding carboxylic acids is 1. The molecule has 0 bridgehead atoms. The Bertz CT molecular complexity index is 917. The number of nitrogens with one attached hydrogen (secondary N) is 1. The summed E-state index contributed by atoms with van der Waals surface area (Å²) in [7, 11) is 0. The van der Waals surface area contributed by atoms with Gasteiger partial charge in [0.05, 0.1) is 23.1 Å². The van der Waals surface area contributed by atoms with E-state index in [1.165, 1.54) is 24.4 Å². The van der Waals surface area contributed by atoms with Crippen molar-refractivity contribution in [3.8, 4) is 5.69 Å². The highest BCUT2D eigenvalue weighted by molar-refractivity contribution is 6.05. The van der Waals surface area contributed by atoms with Crippen LogP contribution < -0.4 is 5.32 Å². The van der Waals surface area contributed by atoms with Crippen molar-refractivity contribution in [1.29, 1.82) is 0 Å². The van der Waals surface area contributed by atoms with E-state index in [0.717, 1.165) is 0 Å². The number of amides is 1. The summed E-state index contributed by atoms with van der Waals surface area (Å²) < 4.78 is 28.3. The maximum absolute atomic E-state index is 13.6. The minimum absolute atomic E-state index is 0.340. The molecule has 0 spiro atoms. The molecule has 3 aromatic rings. The van der Waals surface area contributed by atoms with E-state index in [2.05, 4.69) is 10.4 Å². The maximum atomic E-state index is 13.6. The van der Waals surface area contributed by atoms with Crippen LogP contribution in [0.2, 0.25) is 0 Å². The first-order chi connectivity index (χ1) is 12.0. The molecule has 0 aliphatic rings. The molecule has 0 aliphatic carbocycles. The first kappa shape index (κ1) is 16.8. The maximum Gasteiger partial charge on any atom is 0.259 e. The average Bonchev–Trinajstić information content (AvgIpc) is 3.03. The number of carbonyl (C=O) groups is 1. The Morgan fingerprint density at radius 1 is 1.16 bits per heavy atom. The fourth-order valence-corrected chi connectivity index (χ4v) is 2.58. The van der Waals surface area contributed by atoms with Crippen LogP contribution in [-0.4, -0.2) is 15.7 Å². The molecule has 3 rings (SSSR count). The Labute approximate surface area is 144 Å². The number of aryl methyl sites for hydroxylation is 1. The Morgan fingerprint density at radius 3 is 2.52 bits per heavy atom. The molecule has 25 heavy (non-hydrogen) atoms. The van der Waals surface area contributed by atoms with E-state index >= 15 is 0 Å². The summed E-state index contributed by atoms with van der Waals surface area (Å²) in [4.78, 5) is 12.5. The molecule has 0 fully saturated rings. The van der Waals surface area contributed by atoms with Crippen LogP contribution in [0.25, 0.3) is 5.69 Å². The van der Waals surface area contributed by atoms with Crippen LogP contribution in [0.5, 0.6) is 0 Å². The van der Waals surface area contributed by atoms with E-state index in [1.54, 1.807) is 35.9 Å². The minimum atomic E-state index is -0.379. The van der Waals surface area contributed by atoms with E-state index in [9.17, 15) is 13.6 Å². The molecule has 0 atom stereocenters. The third kappa shape index (κ3) is 3.42. The van der Waals surface area contributed by atoms with E-state index in [0.29, 0.717) is 34.6 Å². The number of halogens is 2. The summed E-state index contributed by atoms with van der Waals surface area (Å²) in [5, 5.41) is 6.92. The van der Waals surface area contributed by atoms with Crippen LogP contribution in [0.1, 0.15) is 28.5 Å². The van der Waals surface area contributed by atoms with Gasteiger partial charge in [0.15, 0.2) is 0 Å². The first-order valence-corrected chi connectivity index (χ1v) is 7.90. The van der Waals surface area contributed by atoms with Crippen LogP contribution >= 0.6 is 0 Å². The van der Waals surface area contributed by atoms with Crippen LogP contribution in [0.4, 0.5) is 14.5 Å². The third-order valence-corrected chi connectivity index (χ3v) is 3.95. The lowest BCUT2D eigenvalue weighted by atomic mass is 10.1. The first-order valence-electron chi connectivity index (χ1n) is 7.90. The van der Waals surface area contributed by atoms with Crippen LogP contribution in [0, 0.1) is 18.6 Å². The normalized spacial score (nSPS) is 10.7. The zero-order valence-electron chi connectivity index (χ0n) is 13.9. The predicted octanol–water partition coefficient (Wildman–Crippen LogP) is 4.27. The van der Waals surface area contributed by atoms with Crippen LogP contribution in [-0.2, 0) is 6.42 Å². The van der Waals surface area contributed by atoms with Crippen molar-refractivity contribution >= 4 is 11.6 Å². The Hall–Kier alpha value is -3.02. The zero-order chi connectivity index (χ0) is 18.0. The molecule has 1 N–H and O–H groups in total. The van der Waals surface area contributed by atoms with Crippen LogP contribution in [0.3, 0.4) is 0 Å². The Kier molecular flexibility index (Phi) is 4.61. The highest BCUT2D eigenvalue weighted by Crippen LogP contribution is 2.19. The standard InChI is InChI=1S/C19H17F2N3O/c1-3-18-16(11-22-24(18)15-8-5-13(20)6-9-15)19(25)23-14-7-4-12(2)17(21)10-14/h4-11H,3H2,1-2H3,(H,23,25). The molecule has 6 heteroatoms. The second kappa shape index (κ2) is 6.84. The van der Waals surface area contributed by atoms with Crippen molar-refractivity contribution in [2.24, 2.45) is 0 Å². The predicted molar refractivity (Wildman–Crippen MR) is 92.0 cm³/mol. The fraction of sp³-hybridized carbons (Fsp3) is 0.158. The molecule has 0 aliphatic heterocycles. The Balaban J connectivity index is 1.90. The number of anilines is 1. The SMILES string of the molecule is CCc1c(C(=O)Nc2ccc(C)c(F)c2)cnn1-c1ccc(F)cc1. The van der Waals surface area contributed by atoms with Crippen molar-refractivity contribution in [1.82, 2.24) is 9.78 Å². The summed E-state index contributed by atoms with van der Waals surface area (Å²) in [6.07, 6.45) is 2.02. The van der Waals surface area contributed by atoms with Gasteiger partial charge in [0.2, 0.25) is 0 Å². The van der Waals surface area contributed by atoms with Gasteiger partial charge < -0.3 is 5.32 Å². The van der Waals surface area contributed by atoms with Gasteiger partial charge in [0.25, 0.3) is 5.91 Å². The van der Waals surface area contributed by atoms with Gasteiger partial charge >= 0.3 is 0 Å². The summed E-state index contributed by atoms with van der Waals surface area (Å²) >= 11 is 0. The third-order valence-electron chi connectivity index (χ3n) is 3.95. The van der Waals surface area contributed by atoms with Crippen molar-refractivity contribution in [2.45, 2.75) is 20.3 Å². The van der Waals surface area contributed by atoms with E-state index in [4.69, 9.17) is 0 Å². The molecule has 4 nitrogen and oxygen atoms in total. The number of hydrogen-bond acceptors (Lipinski definition) is 2. The van der Waals surface area contributed by atoms with Gasteiger partial charge in [-0.05, 0) is 55.3 Å². The number of nitrogens with zero attached hydrogens (tertiary/aromatic N) is 2. The molecule has 0 saturated heterocycles. The highest BCUT2D eigenvalue weighted by Gasteiger charge is 2.17. The van der Waals surface area contributed by atoms with E-state index in [1.807, 2.05) is 6.92 Å². The molecule has 1 aromatic heterocycles. The quantitative estimate of drug-likeness (QED) is 0.770. The lowest BCUT2D eigenvalue weighted by molar-refractivity contribution is 0.102. The number of benzene rings is 2. The van der Waals surface area contributed by atoms with Crippen molar-refractivity contribution in [3.63, 3.8) is 0 Å². The molecule has 2 aromatic carbocycles. The molecule has 0 saturated carbocycles. The highest BCUT2D eigenvalue weighted by atomic mass is 19.1. The fourth-order valence-electron chi connectivity index (χ4n) is 2.58. The van der Waals surface area contributed by atoms with Gasteiger partial charge in [-0.1, -0.05) is 13.0 Å². The molecule has 0 unspecified atom stereocenters. The lowest BCUT2D eigenvalue weighted by Crippen LogP contribution is -2.14. The summed E-state index contributed by atoms with van der Waals surface area (Å²) in [6, 6.07) is 10.4. The molecule has 1 amide bonds. The number of rotatable bonds is 4. The number of aromatic nitrogens is 2. The largest absolute Gasteiger partial charge is 0.322 e. The second-order valence-corrected chi connectivity index (χ2v) is 5.66.